The Morgan fingerprint density at radius 1 is 1.03 bits per heavy atom. The third-order valence-corrected chi connectivity index (χ3v) is 5.36. The quantitative estimate of drug-likeness (QED) is 0.225. The highest BCUT2D eigenvalue weighted by Gasteiger charge is 2.39. The fourth-order valence-corrected chi connectivity index (χ4v) is 3.59. The monoisotopic (exact) mass is 471 g/mol. The molecule has 9 heteroatoms. The summed E-state index contributed by atoms with van der Waals surface area (Å²) < 4.78 is 11.0. The highest BCUT2D eigenvalue weighted by molar-refractivity contribution is 5.91. The van der Waals surface area contributed by atoms with Gasteiger partial charge in [-0.25, -0.2) is 5.43 Å². The Bertz CT molecular complexity index is 1330. The van der Waals surface area contributed by atoms with Crippen LogP contribution >= 0.6 is 0 Å². The van der Waals surface area contributed by atoms with Crippen LogP contribution in [0.1, 0.15) is 16.9 Å². The van der Waals surface area contributed by atoms with E-state index >= 15 is 0 Å². The topological polar surface area (TPSA) is 127 Å². The fourth-order valence-electron chi connectivity index (χ4n) is 3.59. The molecule has 0 saturated heterocycles. The Morgan fingerprint density at radius 2 is 1.66 bits per heavy atom. The number of aliphatic hydroxyl groups is 1. The first-order valence-electron chi connectivity index (χ1n) is 10.5. The Balaban J connectivity index is 1.57. The summed E-state index contributed by atoms with van der Waals surface area (Å²) in [5.41, 5.74) is 1.46. The average Bonchev–Trinajstić information content (AvgIpc) is 3.37. The predicted molar refractivity (Wildman–Crippen MR) is 129 cm³/mol. The van der Waals surface area contributed by atoms with Gasteiger partial charge < -0.3 is 14.3 Å². The van der Waals surface area contributed by atoms with Crippen molar-refractivity contribution < 1.29 is 24.0 Å². The van der Waals surface area contributed by atoms with Crippen LogP contribution in [0.4, 0.5) is 5.69 Å². The molecule has 0 spiro atoms. The molecule has 2 N–H and O–H groups in total. The van der Waals surface area contributed by atoms with Gasteiger partial charge in [0.2, 0.25) is 0 Å². The molecule has 4 rings (SSSR count). The van der Waals surface area contributed by atoms with Gasteiger partial charge in [0.1, 0.15) is 17.3 Å². The van der Waals surface area contributed by atoms with Crippen molar-refractivity contribution >= 4 is 17.8 Å². The second-order valence-corrected chi connectivity index (χ2v) is 7.49. The molecule has 1 aromatic heterocycles. The number of hydrazone groups is 1. The van der Waals surface area contributed by atoms with Crippen LogP contribution in [0.3, 0.4) is 0 Å². The number of carbonyl (C=O) groups is 1. The summed E-state index contributed by atoms with van der Waals surface area (Å²) in [5, 5.41) is 26.5. The van der Waals surface area contributed by atoms with Gasteiger partial charge in [-0.05, 0) is 29.3 Å². The van der Waals surface area contributed by atoms with Crippen molar-refractivity contribution in [3.8, 4) is 17.1 Å². The smallest absolute Gasteiger partial charge is 0.281 e. The third kappa shape index (κ3) is 4.80. The molecule has 3 aromatic carbocycles. The van der Waals surface area contributed by atoms with E-state index in [0.29, 0.717) is 28.2 Å². The molecule has 0 saturated carbocycles. The minimum absolute atomic E-state index is 0.110. The first-order chi connectivity index (χ1) is 16.9. The maximum atomic E-state index is 13.1. The van der Waals surface area contributed by atoms with Crippen molar-refractivity contribution in [2.45, 2.75) is 5.60 Å². The SMILES string of the molecule is COc1ccc([N+](=O)[O-])cc1-c1ccc(/C=N/NC(=O)C(O)(c2ccccc2)c2ccccc2)o1. The highest BCUT2D eigenvalue weighted by atomic mass is 16.6. The van der Waals surface area contributed by atoms with Crippen LogP contribution in [0.15, 0.2) is 101 Å². The Labute approximate surface area is 200 Å². The maximum Gasteiger partial charge on any atom is 0.281 e. The number of non-ortho nitro benzene ring substituents is 1. The second kappa shape index (κ2) is 10.0. The number of carbonyl (C=O) groups excluding carboxylic acids is 1. The van der Waals surface area contributed by atoms with Gasteiger partial charge in [-0.3, -0.25) is 14.9 Å². The van der Waals surface area contributed by atoms with E-state index in [1.807, 2.05) is 0 Å². The van der Waals surface area contributed by atoms with E-state index in [1.54, 1.807) is 72.8 Å². The number of hydrogen-bond donors (Lipinski definition) is 2. The number of nitrogens with one attached hydrogen (secondary N) is 1. The van der Waals surface area contributed by atoms with Gasteiger partial charge in [0.25, 0.3) is 11.6 Å². The highest BCUT2D eigenvalue weighted by Crippen LogP contribution is 2.34. The van der Waals surface area contributed by atoms with Gasteiger partial charge >= 0.3 is 0 Å². The molecular formula is C26H21N3O6. The second-order valence-electron chi connectivity index (χ2n) is 7.49. The molecule has 9 nitrogen and oxygen atoms in total. The van der Waals surface area contributed by atoms with Crippen molar-refractivity contribution in [2.24, 2.45) is 5.10 Å². The lowest BCUT2D eigenvalue weighted by molar-refractivity contribution is -0.384. The van der Waals surface area contributed by atoms with Crippen LogP contribution < -0.4 is 10.2 Å². The Kier molecular flexibility index (Phi) is 6.70. The standard InChI is InChI=1S/C26H21N3O6/c1-34-23-14-12-20(29(32)33)16-22(23)24-15-13-21(35-24)17-27-28-25(30)26(31,18-8-4-2-5-9-18)19-10-6-3-7-11-19/h2-17,31H,1H3,(H,28,30)/b27-17+. The lowest BCUT2D eigenvalue weighted by Gasteiger charge is -2.26. The van der Waals surface area contributed by atoms with Crippen molar-refractivity contribution in [1.82, 2.24) is 5.43 Å². The summed E-state index contributed by atoms with van der Waals surface area (Å²) >= 11 is 0. The van der Waals surface area contributed by atoms with Crippen LogP contribution in [0.25, 0.3) is 11.3 Å². The lowest BCUT2D eigenvalue weighted by atomic mass is 9.85. The summed E-state index contributed by atoms with van der Waals surface area (Å²) in [5.74, 6) is 0.246. The van der Waals surface area contributed by atoms with Crippen molar-refractivity contribution in [2.75, 3.05) is 7.11 Å². The molecule has 0 aliphatic heterocycles. The van der Waals surface area contributed by atoms with Crippen LogP contribution in [-0.4, -0.2) is 29.3 Å². The van der Waals surface area contributed by atoms with E-state index in [0.717, 1.165) is 0 Å². The molecule has 1 amide bonds. The summed E-state index contributed by atoms with van der Waals surface area (Å²) in [4.78, 5) is 23.7. The molecule has 35 heavy (non-hydrogen) atoms. The van der Waals surface area contributed by atoms with Gasteiger partial charge in [0.15, 0.2) is 5.60 Å². The maximum absolute atomic E-state index is 13.1. The van der Waals surface area contributed by atoms with Crippen molar-refractivity contribution in [1.29, 1.82) is 0 Å². The number of rotatable bonds is 8. The molecule has 0 aliphatic carbocycles. The molecule has 0 radical (unpaired) electrons. The predicted octanol–water partition coefficient (Wildman–Crippen LogP) is 4.25. The average molecular weight is 471 g/mol. The zero-order chi connectivity index (χ0) is 24.8. The normalized spacial score (nSPS) is 11.4. The number of furan rings is 1. The fraction of sp³-hybridized carbons (Fsp3) is 0.0769. The van der Waals surface area contributed by atoms with Gasteiger partial charge in [0, 0.05) is 12.1 Å². The van der Waals surface area contributed by atoms with Gasteiger partial charge in [-0.1, -0.05) is 60.7 Å². The van der Waals surface area contributed by atoms with E-state index in [9.17, 15) is 20.0 Å². The molecule has 0 fully saturated rings. The van der Waals surface area contributed by atoms with Crippen LogP contribution in [-0.2, 0) is 10.4 Å². The number of benzene rings is 3. The first-order valence-corrected chi connectivity index (χ1v) is 10.5. The molecule has 0 atom stereocenters. The van der Waals surface area contributed by atoms with E-state index < -0.39 is 16.4 Å². The number of hydrogen-bond acceptors (Lipinski definition) is 7. The van der Waals surface area contributed by atoms with Crippen LogP contribution in [0.2, 0.25) is 0 Å². The summed E-state index contributed by atoms with van der Waals surface area (Å²) in [6, 6.07) is 24.5. The Morgan fingerprint density at radius 3 is 2.23 bits per heavy atom. The zero-order valence-electron chi connectivity index (χ0n) is 18.6. The van der Waals surface area contributed by atoms with Crippen molar-refractivity contribution in [3.63, 3.8) is 0 Å². The van der Waals surface area contributed by atoms with E-state index in [-0.39, 0.29) is 11.4 Å². The zero-order valence-corrected chi connectivity index (χ0v) is 18.6. The molecule has 0 unspecified atom stereocenters. The third-order valence-electron chi connectivity index (χ3n) is 5.36. The largest absolute Gasteiger partial charge is 0.496 e. The minimum atomic E-state index is -1.97. The van der Waals surface area contributed by atoms with Gasteiger partial charge in [0.05, 0.1) is 23.8 Å². The number of nitrogens with zero attached hydrogens (tertiary/aromatic N) is 2. The van der Waals surface area contributed by atoms with E-state index in [4.69, 9.17) is 9.15 Å². The number of methoxy groups -OCH3 is 1. The molecule has 0 bridgehead atoms. The number of nitro groups is 1. The molecule has 0 aliphatic rings. The van der Waals surface area contributed by atoms with Crippen LogP contribution in [0.5, 0.6) is 5.75 Å². The van der Waals surface area contributed by atoms with Gasteiger partial charge in [-0.15, -0.1) is 0 Å². The summed E-state index contributed by atoms with van der Waals surface area (Å²) in [7, 11) is 1.45. The number of amides is 1. The Hall–Kier alpha value is -4.76. The van der Waals surface area contributed by atoms with E-state index in [2.05, 4.69) is 10.5 Å². The number of ether oxygens (including phenoxy) is 1. The first kappa shape index (κ1) is 23.4. The number of nitro benzene ring substituents is 1. The van der Waals surface area contributed by atoms with Crippen molar-refractivity contribution in [3.05, 3.63) is 118 Å². The summed E-state index contributed by atoms with van der Waals surface area (Å²) in [6.07, 6.45) is 1.27. The molecule has 1 heterocycles. The van der Waals surface area contributed by atoms with Gasteiger partial charge in [-0.2, -0.15) is 5.10 Å². The molecule has 176 valence electrons. The molecule has 4 aromatic rings. The molecular weight excluding hydrogens is 450 g/mol. The van der Waals surface area contributed by atoms with Crippen LogP contribution in [0, 0.1) is 10.1 Å². The lowest BCUT2D eigenvalue weighted by Crippen LogP contribution is -2.43. The minimum Gasteiger partial charge on any atom is -0.496 e. The van der Waals surface area contributed by atoms with E-state index in [1.165, 1.54) is 31.5 Å². The summed E-state index contributed by atoms with van der Waals surface area (Å²) in [6.45, 7) is 0.